The van der Waals surface area contributed by atoms with E-state index in [1.54, 1.807) is 30.2 Å². The van der Waals surface area contributed by atoms with E-state index in [0.717, 1.165) is 12.2 Å². The fourth-order valence-electron chi connectivity index (χ4n) is 2.74. The first-order chi connectivity index (χ1) is 11.2. The number of ether oxygens (including phenoxy) is 1. The van der Waals surface area contributed by atoms with Crippen LogP contribution in [0.25, 0.3) is 0 Å². The van der Waals surface area contributed by atoms with Crippen molar-refractivity contribution >= 4 is 5.91 Å². The maximum atomic E-state index is 12.7. The van der Waals surface area contributed by atoms with Crippen molar-refractivity contribution in [3.05, 3.63) is 48.1 Å². The van der Waals surface area contributed by atoms with Gasteiger partial charge in [-0.3, -0.25) is 9.48 Å². The van der Waals surface area contributed by atoms with Gasteiger partial charge in [0.25, 0.3) is 5.91 Å². The fourth-order valence-corrected chi connectivity index (χ4v) is 2.74. The summed E-state index contributed by atoms with van der Waals surface area (Å²) in [4.78, 5) is 14.5. The molecule has 0 bridgehead atoms. The first-order valence-electron chi connectivity index (χ1n) is 7.59. The van der Waals surface area contributed by atoms with Crippen LogP contribution < -0.4 is 0 Å². The van der Waals surface area contributed by atoms with Crippen LogP contribution in [0.1, 0.15) is 21.9 Å². The summed E-state index contributed by atoms with van der Waals surface area (Å²) in [5.74, 6) is 0.650. The topological polar surface area (TPSA) is 73.4 Å². The number of rotatable bonds is 5. The number of carbonyl (C=O) groups excluding carboxylic acids is 1. The molecule has 0 aromatic carbocycles. The Morgan fingerprint density at radius 1 is 1.57 bits per heavy atom. The molecule has 0 aliphatic carbocycles. The smallest absolute Gasteiger partial charge is 0.276 e. The van der Waals surface area contributed by atoms with Crippen LogP contribution in [-0.4, -0.2) is 45.5 Å². The summed E-state index contributed by atoms with van der Waals surface area (Å²) in [7, 11) is 0. The molecule has 1 amide bonds. The number of fused-ring (bicyclic) bond motifs is 1. The van der Waals surface area contributed by atoms with Gasteiger partial charge in [0.1, 0.15) is 5.76 Å². The number of hydrogen-bond acceptors (Lipinski definition) is 5. The Balaban J connectivity index is 1.78. The minimum atomic E-state index is -0.134. The van der Waals surface area contributed by atoms with Gasteiger partial charge in [0, 0.05) is 31.3 Å². The van der Waals surface area contributed by atoms with Crippen LogP contribution in [0.2, 0.25) is 0 Å². The molecule has 0 saturated carbocycles. The molecule has 0 spiro atoms. The number of aryl methyl sites for hydroxylation is 1. The number of carbonyl (C=O) groups is 1. The summed E-state index contributed by atoms with van der Waals surface area (Å²) in [5, 5.41) is 8.17. The zero-order chi connectivity index (χ0) is 16.2. The summed E-state index contributed by atoms with van der Waals surface area (Å²) in [5.41, 5.74) is 1.34. The lowest BCUT2D eigenvalue weighted by Gasteiger charge is -2.23. The van der Waals surface area contributed by atoms with Crippen molar-refractivity contribution in [3.8, 4) is 0 Å². The highest BCUT2D eigenvalue weighted by atomic mass is 16.5. The molecule has 3 heterocycles. The van der Waals surface area contributed by atoms with E-state index in [9.17, 15) is 4.79 Å². The zero-order valence-electron chi connectivity index (χ0n) is 13.1. The summed E-state index contributed by atoms with van der Waals surface area (Å²) in [6.07, 6.45) is 3.47. The Bertz CT molecular complexity index is 691. The monoisotopic (exact) mass is 316 g/mol. The lowest BCUT2D eigenvalue weighted by atomic mass is 10.1. The van der Waals surface area contributed by atoms with Crippen LogP contribution in [-0.2, 0) is 17.8 Å². The van der Waals surface area contributed by atoms with Crippen LogP contribution in [0, 0.1) is 12.8 Å². The van der Waals surface area contributed by atoms with Gasteiger partial charge in [-0.05, 0) is 13.0 Å². The van der Waals surface area contributed by atoms with Crippen LogP contribution in [0.4, 0.5) is 0 Å². The minimum Gasteiger partial charge on any atom is -0.377 e. The molecule has 0 unspecified atom stereocenters. The molecule has 0 radical (unpaired) electrons. The van der Waals surface area contributed by atoms with E-state index in [2.05, 4.69) is 16.8 Å². The van der Waals surface area contributed by atoms with Crippen molar-refractivity contribution in [3.63, 3.8) is 0 Å². The quantitative estimate of drug-likeness (QED) is 0.619. The van der Waals surface area contributed by atoms with Crippen LogP contribution in [0.3, 0.4) is 0 Å². The van der Waals surface area contributed by atoms with Gasteiger partial charge in [-0.1, -0.05) is 11.2 Å². The first kappa shape index (κ1) is 15.5. The van der Waals surface area contributed by atoms with Crippen LogP contribution in [0.5, 0.6) is 0 Å². The normalized spacial score (nSPS) is 17.6. The minimum absolute atomic E-state index is 0.134. The number of nitrogens with zero attached hydrogens (tertiary/aromatic N) is 4. The van der Waals surface area contributed by atoms with Gasteiger partial charge >= 0.3 is 0 Å². The van der Waals surface area contributed by atoms with E-state index in [0.29, 0.717) is 37.8 Å². The Kier molecular flexibility index (Phi) is 4.57. The predicted molar refractivity (Wildman–Crippen MR) is 82.7 cm³/mol. The maximum Gasteiger partial charge on any atom is 0.276 e. The summed E-state index contributed by atoms with van der Waals surface area (Å²) in [6.45, 7) is 8.28. The lowest BCUT2D eigenvalue weighted by Crippen LogP contribution is -2.35. The molecule has 0 N–H and O–H groups in total. The van der Waals surface area contributed by atoms with E-state index >= 15 is 0 Å². The zero-order valence-corrected chi connectivity index (χ0v) is 13.1. The van der Waals surface area contributed by atoms with Crippen molar-refractivity contribution in [2.45, 2.75) is 20.0 Å². The molecule has 1 aliphatic rings. The second-order valence-electron chi connectivity index (χ2n) is 5.71. The fraction of sp³-hybridized carbons (Fsp3) is 0.438. The van der Waals surface area contributed by atoms with Gasteiger partial charge in [-0.15, -0.1) is 6.58 Å². The molecule has 23 heavy (non-hydrogen) atoms. The summed E-state index contributed by atoms with van der Waals surface area (Å²) < 4.78 is 12.5. The number of aromatic nitrogens is 3. The SMILES string of the molecule is C=CCOC[C@H]1CN(C(=O)c2cc(C)on2)Cc2ccnn2C1. The highest BCUT2D eigenvalue weighted by molar-refractivity contribution is 5.92. The molecular weight excluding hydrogens is 296 g/mol. The van der Waals surface area contributed by atoms with Crippen LogP contribution in [0.15, 0.2) is 35.5 Å². The molecule has 2 aromatic heterocycles. The second kappa shape index (κ2) is 6.78. The van der Waals surface area contributed by atoms with Crippen molar-refractivity contribution in [1.29, 1.82) is 0 Å². The third-order valence-electron chi connectivity index (χ3n) is 3.79. The second-order valence-corrected chi connectivity index (χ2v) is 5.71. The molecule has 1 atom stereocenters. The number of amides is 1. The standard InChI is InChI=1S/C16H20N4O3/c1-3-6-22-11-13-8-19(10-14-4-5-17-20(14)9-13)16(21)15-7-12(2)23-18-15/h3-5,7,13H,1,6,8-11H2,2H3/t13-/m0/s1. The van der Waals surface area contributed by atoms with E-state index in [1.165, 1.54) is 0 Å². The number of hydrogen-bond donors (Lipinski definition) is 0. The molecule has 1 aliphatic heterocycles. The molecule has 2 aromatic rings. The average Bonchev–Trinajstić information content (AvgIpc) is 3.12. The van der Waals surface area contributed by atoms with Crippen LogP contribution >= 0.6 is 0 Å². The Morgan fingerprint density at radius 2 is 2.43 bits per heavy atom. The van der Waals surface area contributed by atoms with E-state index in [1.807, 2.05) is 10.7 Å². The largest absolute Gasteiger partial charge is 0.377 e. The van der Waals surface area contributed by atoms with Gasteiger partial charge in [-0.25, -0.2) is 0 Å². The molecule has 7 nitrogen and oxygen atoms in total. The molecule has 0 fully saturated rings. The van der Waals surface area contributed by atoms with Crippen molar-refractivity contribution in [2.75, 3.05) is 19.8 Å². The van der Waals surface area contributed by atoms with Crippen molar-refractivity contribution in [1.82, 2.24) is 19.8 Å². The Hall–Kier alpha value is -2.41. The molecule has 7 heteroatoms. The maximum absolute atomic E-state index is 12.7. The van der Waals surface area contributed by atoms with E-state index in [4.69, 9.17) is 9.26 Å². The lowest BCUT2D eigenvalue weighted by molar-refractivity contribution is 0.0628. The Labute approximate surface area is 134 Å². The molecular formula is C16H20N4O3. The molecule has 0 saturated heterocycles. The van der Waals surface area contributed by atoms with Crippen molar-refractivity contribution in [2.24, 2.45) is 5.92 Å². The van der Waals surface area contributed by atoms with Gasteiger partial charge < -0.3 is 14.2 Å². The predicted octanol–water partition coefficient (Wildman–Crippen LogP) is 1.65. The van der Waals surface area contributed by atoms with Gasteiger partial charge in [0.05, 0.1) is 25.5 Å². The molecule has 3 rings (SSSR count). The average molecular weight is 316 g/mol. The van der Waals surface area contributed by atoms with Gasteiger partial charge in [0.15, 0.2) is 5.69 Å². The van der Waals surface area contributed by atoms with Gasteiger partial charge in [-0.2, -0.15) is 5.10 Å². The van der Waals surface area contributed by atoms with E-state index in [-0.39, 0.29) is 11.8 Å². The highest BCUT2D eigenvalue weighted by Crippen LogP contribution is 2.18. The molecule has 122 valence electrons. The first-order valence-corrected chi connectivity index (χ1v) is 7.59. The Morgan fingerprint density at radius 3 is 3.17 bits per heavy atom. The van der Waals surface area contributed by atoms with Crippen molar-refractivity contribution < 1.29 is 14.1 Å². The van der Waals surface area contributed by atoms with E-state index < -0.39 is 0 Å². The summed E-state index contributed by atoms with van der Waals surface area (Å²) >= 11 is 0. The highest BCUT2D eigenvalue weighted by Gasteiger charge is 2.27. The third-order valence-corrected chi connectivity index (χ3v) is 3.79. The van der Waals surface area contributed by atoms with Gasteiger partial charge in [0.2, 0.25) is 0 Å². The summed E-state index contributed by atoms with van der Waals surface area (Å²) in [6, 6.07) is 3.59. The third kappa shape index (κ3) is 3.50.